The molecule has 1 unspecified atom stereocenters. The maximum Gasteiger partial charge on any atom is 0.325 e. The standard InChI is InChI=1S/C23H25NO5/c1-22(2,3)16-11-9-15(10-12-16)19(25)13-23(28)17-7-5-6-8-18(17)24(21(23)27)14-20(26)29-4/h5-12,28H,13-14H2,1-4H3. The number of aliphatic hydroxyl groups is 1. The van der Waals surface area contributed by atoms with Gasteiger partial charge in [-0.15, -0.1) is 0 Å². The van der Waals surface area contributed by atoms with E-state index >= 15 is 0 Å². The molecule has 0 aliphatic carbocycles. The summed E-state index contributed by atoms with van der Waals surface area (Å²) in [7, 11) is 1.23. The van der Waals surface area contributed by atoms with Crippen molar-refractivity contribution in [2.24, 2.45) is 0 Å². The largest absolute Gasteiger partial charge is 0.468 e. The molecule has 1 atom stereocenters. The van der Waals surface area contributed by atoms with Crippen molar-refractivity contribution in [1.82, 2.24) is 0 Å². The van der Waals surface area contributed by atoms with Gasteiger partial charge in [-0.3, -0.25) is 19.3 Å². The number of fused-ring (bicyclic) bond motifs is 1. The first-order chi connectivity index (χ1) is 13.6. The molecule has 1 aliphatic heterocycles. The number of benzene rings is 2. The Labute approximate surface area is 170 Å². The zero-order valence-corrected chi connectivity index (χ0v) is 17.1. The minimum atomic E-state index is -2.02. The molecule has 0 saturated carbocycles. The minimum Gasteiger partial charge on any atom is -0.468 e. The summed E-state index contributed by atoms with van der Waals surface area (Å²) in [6.07, 6.45) is -0.407. The average molecular weight is 395 g/mol. The number of ether oxygens (including phenoxy) is 1. The fourth-order valence-corrected chi connectivity index (χ4v) is 3.52. The average Bonchev–Trinajstić information content (AvgIpc) is 2.89. The molecule has 0 saturated heterocycles. The Balaban J connectivity index is 1.90. The third kappa shape index (κ3) is 3.80. The number of hydrogen-bond donors (Lipinski definition) is 1. The Kier molecular flexibility index (Phi) is 5.32. The lowest BCUT2D eigenvalue weighted by atomic mass is 9.85. The minimum absolute atomic E-state index is 0.0471. The smallest absolute Gasteiger partial charge is 0.325 e. The van der Waals surface area contributed by atoms with E-state index in [2.05, 4.69) is 25.5 Å². The molecule has 6 nitrogen and oxygen atoms in total. The molecule has 0 aromatic heterocycles. The van der Waals surface area contributed by atoms with Gasteiger partial charge in [-0.1, -0.05) is 63.2 Å². The summed E-state index contributed by atoms with van der Waals surface area (Å²) >= 11 is 0. The fraction of sp³-hybridized carbons (Fsp3) is 0.348. The monoisotopic (exact) mass is 395 g/mol. The number of amides is 1. The normalized spacial score (nSPS) is 18.5. The molecular formula is C23H25NO5. The van der Waals surface area contributed by atoms with Crippen LogP contribution in [0.15, 0.2) is 48.5 Å². The molecule has 1 aliphatic rings. The number of rotatable bonds is 5. The van der Waals surface area contributed by atoms with Crippen molar-refractivity contribution in [3.05, 3.63) is 65.2 Å². The second kappa shape index (κ2) is 7.44. The van der Waals surface area contributed by atoms with Gasteiger partial charge < -0.3 is 9.84 Å². The van der Waals surface area contributed by atoms with Crippen LogP contribution < -0.4 is 4.90 Å². The molecular weight excluding hydrogens is 370 g/mol. The van der Waals surface area contributed by atoms with Gasteiger partial charge in [-0.2, -0.15) is 0 Å². The molecule has 0 spiro atoms. The molecule has 2 aromatic carbocycles. The highest BCUT2D eigenvalue weighted by Gasteiger charge is 2.51. The first-order valence-electron chi connectivity index (χ1n) is 9.42. The highest BCUT2D eigenvalue weighted by Crippen LogP contribution is 2.42. The van der Waals surface area contributed by atoms with Crippen LogP contribution in [0.2, 0.25) is 0 Å². The number of Topliss-reactive ketones (excluding diaryl/α,β-unsaturated/α-hetero) is 1. The van der Waals surface area contributed by atoms with Gasteiger partial charge in [-0.25, -0.2) is 0 Å². The lowest BCUT2D eigenvalue weighted by Crippen LogP contribution is -2.43. The third-order valence-corrected chi connectivity index (χ3v) is 5.24. The van der Waals surface area contributed by atoms with Crippen molar-refractivity contribution >= 4 is 23.3 Å². The van der Waals surface area contributed by atoms with E-state index < -0.39 is 23.9 Å². The van der Waals surface area contributed by atoms with E-state index in [4.69, 9.17) is 0 Å². The van der Waals surface area contributed by atoms with E-state index in [1.807, 2.05) is 12.1 Å². The number of methoxy groups -OCH3 is 1. The van der Waals surface area contributed by atoms with Crippen molar-refractivity contribution in [2.75, 3.05) is 18.6 Å². The van der Waals surface area contributed by atoms with Crippen molar-refractivity contribution in [2.45, 2.75) is 38.2 Å². The first kappa shape index (κ1) is 20.7. The summed E-state index contributed by atoms with van der Waals surface area (Å²) in [5.74, 6) is -1.67. The lowest BCUT2D eigenvalue weighted by Gasteiger charge is -2.23. The topological polar surface area (TPSA) is 83.9 Å². The molecule has 3 rings (SSSR count). The van der Waals surface area contributed by atoms with Gasteiger partial charge in [-0.05, 0) is 17.0 Å². The van der Waals surface area contributed by atoms with Crippen molar-refractivity contribution < 1.29 is 24.2 Å². The Bertz CT molecular complexity index is 958. The second-order valence-corrected chi connectivity index (χ2v) is 8.27. The molecule has 6 heteroatoms. The SMILES string of the molecule is COC(=O)CN1C(=O)C(O)(CC(=O)c2ccc(C(C)(C)C)cc2)c2ccccc21. The Morgan fingerprint density at radius 3 is 2.28 bits per heavy atom. The number of carbonyl (C=O) groups excluding carboxylic acids is 3. The maximum absolute atomic E-state index is 13.0. The van der Waals surface area contributed by atoms with Gasteiger partial charge in [0.2, 0.25) is 0 Å². The van der Waals surface area contributed by atoms with Crippen LogP contribution >= 0.6 is 0 Å². The molecule has 1 heterocycles. The number of esters is 1. The highest BCUT2D eigenvalue weighted by molar-refractivity contribution is 6.12. The van der Waals surface area contributed by atoms with E-state index in [1.54, 1.807) is 36.4 Å². The number of carbonyl (C=O) groups is 3. The van der Waals surface area contributed by atoms with Crippen LogP contribution in [0.4, 0.5) is 5.69 Å². The molecule has 1 N–H and O–H groups in total. The number of hydrogen-bond acceptors (Lipinski definition) is 5. The van der Waals surface area contributed by atoms with Gasteiger partial charge in [0.25, 0.3) is 5.91 Å². The third-order valence-electron chi connectivity index (χ3n) is 5.24. The summed E-state index contributed by atoms with van der Waals surface area (Å²) in [6.45, 7) is 5.91. The quantitative estimate of drug-likeness (QED) is 0.622. The van der Waals surface area contributed by atoms with Crippen LogP contribution in [0.3, 0.4) is 0 Å². The van der Waals surface area contributed by atoms with Gasteiger partial charge >= 0.3 is 5.97 Å². The van der Waals surface area contributed by atoms with Crippen LogP contribution in [0.1, 0.15) is 48.7 Å². The van der Waals surface area contributed by atoms with E-state index in [0.29, 0.717) is 16.8 Å². The number of anilines is 1. The maximum atomic E-state index is 13.0. The number of ketones is 1. The van der Waals surface area contributed by atoms with Crippen LogP contribution in [-0.2, 0) is 25.3 Å². The van der Waals surface area contributed by atoms with Gasteiger partial charge in [0.1, 0.15) is 6.54 Å². The molecule has 0 bridgehead atoms. The van der Waals surface area contributed by atoms with E-state index in [0.717, 1.165) is 10.5 Å². The molecule has 0 fully saturated rings. The van der Waals surface area contributed by atoms with Gasteiger partial charge in [0.05, 0.1) is 19.2 Å². The number of nitrogens with zero attached hydrogens (tertiary/aromatic N) is 1. The van der Waals surface area contributed by atoms with Crippen molar-refractivity contribution in [3.63, 3.8) is 0 Å². The summed E-state index contributed by atoms with van der Waals surface area (Å²) in [6, 6.07) is 13.8. The van der Waals surface area contributed by atoms with E-state index in [9.17, 15) is 19.5 Å². The second-order valence-electron chi connectivity index (χ2n) is 8.27. The van der Waals surface area contributed by atoms with Crippen molar-refractivity contribution in [1.29, 1.82) is 0 Å². The van der Waals surface area contributed by atoms with Crippen molar-refractivity contribution in [3.8, 4) is 0 Å². The Morgan fingerprint density at radius 2 is 1.69 bits per heavy atom. The van der Waals surface area contributed by atoms with Crippen LogP contribution in [-0.4, -0.2) is 36.4 Å². The lowest BCUT2D eigenvalue weighted by molar-refractivity contribution is -0.142. The first-order valence-corrected chi connectivity index (χ1v) is 9.42. The van der Waals surface area contributed by atoms with Gasteiger partial charge in [0, 0.05) is 11.1 Å². The Hall–Kier alpha value is -2.99. The molecule has 2 aromatic rings. The molecule has 29 heavy (non-hydrogen) atoms. The Morgan fingerprint density at radius 1 is 1.07 bits per heavy atom. The molecule has 1 amide bonds. The predicted molar refractivity (Wildman–Crippen MR) is 109 cm³/mol. The summed E-state index contributed by atoms with van der Waals surface area (Å²) in [5, 5.41) is 11.2. The summed E-state index contributed by atoms with van der Waals surface area (Å²) in [5.41, 5.74) is 0.149. The molecule has 0 radical (unpaired) electrons. The van der Waals surface area contributed by atoms with E-state index in [1.165, 1.54) is 7.11 Å². The summed E-state index contributed by atoms with van der Waals surface area (Å²) < 4.78 is 4.65. The fourth-order valence-electron chi connectivity index (χ4n) is 3.52. The molecule has 152 valence electrons. The van der Waals surface area contributed by atoms with Crippen LogP contribution in [0.5, 0.6) is 0 Å². The highest BCUT2D eigenvalue weighted by atomic mass is 16.5. The summed E-state index contributed by atoms with van der Waals surface area (Å²) in [4.78, 5) is 38.8. The predicted octanol–water partition coefficient (Wildman–Crippen LogP) is 2.96. The van der Waals surface area contributed by atoms with Gasteiger partial charge in [0.15, 0.2) is 11.4 Å². The number of para-hydroxylation sites is 1. The van der Waals surface area contributed by atoms with Crippen LogP contribution in [0, 0.1) is 0 Å². The zero-order valence-electron chi connectivity index (χ0n) is 17.1. The zero-order chi connectivity index (χ0) is 21.4. The van der Waals surface area contributed by atoms with Crippen LogP contribution in [0.25, 0.3) is 0 Å². The van der Waals surface area contributed by atoms with E-state index in [-0.39, 0.29) is 17.7 Å².